The number of carbonyl (C=O) groups is 4. The van der Waals surface area contributed by atoms with Crippen LogP contribution >= 0.6 is 11.6 Å². The molecule has 3 rings (SSSR count). The van der Waals surface area contributed by atoms with Crippen molar-refractivity contribution >= 4 is 46.7 Å². The minimum Gasteiger partial charge on any atom is -0.480 e. The van der Waals surface area contributed by atoms with Crippen LogP contribution in [0, 0.1) is 29.1 Å². The minimum atomic E-state index is -2.48. The lowest BCUT2D eigenvalue weighted by molar-refractivity contribution is -0.151. The Morgan fingerprint density at radius 1 is 1.05 bits per heavy atom. The van der Waals surface area contributed by atoms with Crippen LogP contribution in [0.15, 0.2) is 41.3 Å². The van der Waals surface area contributed by atoms with Crippen LogP contribution < -0.4 is 26.8 Å². The number of amides is 3. The van der Waals surface area contributed by atoms with Crippen molar-refractivity contribution in [2.45, 2.75) is 13.0 Å². The highest BCUT2D eigenvalue weighted by Gasteiger charge is 2.29. The number of ether oxygens (including phenoxy) is 1. The van der Waals surface area contributed by atoms with Crippen molar-refractivity contribution in [1.29, 1.82) is 0 Å². The SMILES string of the molecule is CC(C(=O)NN(CC(=O)O)C(=O)COc1c(F)c(F)c(F)c(F)c1F)n1cccc(NC(=O)c2ccc(N)c(Cl)c2)c1=O. The zero-order valence-electron chi connectivity index (χ0n) is 21.6. The van der Waals surface area contributed by atoms with E-state index in [-0.39, 0.29) is 27.0 Å². The molecule has 0 aliphatic rings. The number of carbonyl (C=O) groups excluding carboxylic acids is 3. The molecule has 5 N–H and O–H groups in total. The van der Waals surface area contributed by atoms with E-state index in [0.29, 0.717) is 0 Å². The summed E-state index contributed by atoms with van der Waals surface area (Å²) in [6, 6.07) is 5.01. The highest BCUT2D eigenvalue weighted by atomic mass is 35.5. The number of anilines is 2. The highest BCUT2D eigenvalue weighted by Crippen LogP contribution is 2.29. The molecule has 1 atom stereocenters. The molecule has 2 aromatic carbocycles. The van der Waals surface area contributed by atoms with E-state index in [9.17, 15) is 45.9 Å². The topological polar surface area (TPSA) is 173 Å². The molecule has 228 valence electrons. The smallest absolute Gasteiger partial charge is 0.325 e. The number of pyridine rings is 1. The molecule has 1 heterocycles. The number of nitrogens with zero attached hydrogens (tertiary/aromatic N) is 2. The van der Waals surface area contributed by atoms with E-state index in [0.717, 1.165) is 17.7 Å². The number of rotatable bonds is 9. The van der Waals surface area contributed by atoms with Gasteiger partial charge in [0.2, 0.25) is 29.1 Å². The number of nitrogens with one attached hydrogen (secondary N) is 2. The Hall–Kier alpha value is -5.19. The van der Waals surface area contributed by atoms with E-state index in [2.05, 4.69) is 10.1 Å². The Bertz CT molecular complexity index is 1660. The summed E-state index contributed by atoms with van der Waals surface area (Å²) in [4.78, 5) is 62.2. The second kappa shape index (κ2) is 13.2. The van der Waals surface area contributed by atoms with E-state index in [1.54, 1.807) is 0 Å². The fraction of sp³-hybridized carbons (Fsp3) is 0.160. The minimum absolute atomic E-state index is 0.0516. The molecule has 18 heteroatoms. The fourth-order valence-corrected chi connectivity index (χ4v) is 3.55. The van der Waals surface area contributed by atoms with Gasteiger partial charge in [0.25, 0.3) is 23.3 Å². The molecule has 1 aromatic heterocycles. The third kappa shape index (κ3) is 7.18. The van der Waals surface area contributed by atoms with Gasteiger partial charge in [-0.2, -0.15) is 8.78 Å². The maximum Gasteiger partial charge on any atom is 0.325 e. The zero-order chi connectivity index (χ0) is 32.2. The Kier molecular flexibility index (Phi) is 9.92. The van der Waals surface area contributed by atoms with Gasteiger partial charge in [0.05, 0.1) is 10.7 Å². The molecule has 0 aliphatic carbocycles. The normalized spacial score (nSPS) is 11.4. The standard InChI is InChI=1S/C25H19ClF5N5O7/c1-10(35-6-2-3-14(25(35)42)33-24(41)11-4-5-13(32)12(26)7-11)23(40)34-36(8-16(38)39)15(37)9-43-22-20(30)18(28)17(27)19(29)21(22)31/h2-7,10H,8-9,32H2,1H3,(H,33,41)(H,34,40)(H,38,39). The third-order valence-electron chi connectivity index (χ3n) is 5.63. The fourth-order valence-electron chi connectivity index (χ4n) is 3.37. The first-order chi connectivity index (χ1) is 20.1. The number of carboxylic acid groups (broad SMARTS) is 1. The number of benzene rings is 2. The van der Waals surface area contributed by atoms with Crippen LogP contribution in [0.2, 0.25) is 5.02 Å². The summed E-state index contributed by atoms with van der Waals surface area (Å²) in [5, 5.41) is 11.7. The number of hydrazine groups is 1. The summed E-state index contributed by atoms with van der Waals surface area (Å²) in [6.45, 7) is -1.55. The molecule has 0 bridgehead atoms. The number of halogens is 6. The van der Waals surface area contributed by atoms with Gasteiger partial charge in [-0.15, -0.1) is 0 Å². The number of nitrogens with two attached hydrogens (primary N) is 1. The predicted molar refractivity (Wildman–Crippen MR) is 138 cm³/mol. The van der Waals surface area contributed by atoms with Crippen LogP contribution in [-0.2, 0) is 14.4 Å². The second-order valence-corrected chi connectivity index (χ2v) is 8.95. The molecule has 3 aromatic rings. The molecule has 3 amide bonds. The quantitative estimate of drug-likeness (QED) is 0.0917. The van der Waals surface area contributed by atoms with Gasteiger partial charge >= 0.3 is 5.97 Å². The number of hydrogen-bond donors (Lipinski definition) is 4. The lowest BCUT2D eigenvalue weighted by atomic mass is 10.2. The summed E-state index contributed by atoms with van der Waals surface area (Å²) in [6.07, 6.45) is 1.14. The number of aliphatic carboxylic acids is 1. The van der Waals surface area contributed by atoms with Gasteiger partial charge in [0, 0.05) is 11.8 Å². The van der Waals surface area contributed by atoms with Gasteiger partial charge in [-0.25, -0.2) is 18.2 Å². The maximum atomic E-state index is 13.8. The second-order valence-electron chi connectivity index (χ2n) is 8.54. The van der Waals surface area contributed by atoms with E-state index in [1.807, 2.05) is 5.43 Å². The molecular formula is C25H19ClF5N5O7. The number of nitrogen functional groups attached to an aromatic ring is 1. The van der Waals surface area contributed by atoms with Crippen LogP contribution in [0.4, 0.5) is 33.3 Å². The molecular weight excluding hydrogens is 613 g/mol. The summed E-state index contributed by atoms with van der Waals surface area (Å²) in [7, 11) is 0. The summed E-state index contributed by atoms with van der Waals surface area (Å²) >= 11 is 5.91. The third-order valence-corrected chi connectivity index (χ3v) is 5.96. The average molecular weight is 632 g/mol. The molecule has 43 heavy (non-hydrogen) atoms. The average Bonchev–Trinajstić information content (AvgIpc) is 2.96. The van der Waals surface area contributed by atoms with Crippen molar-refractivity contribution in [3.8, 4) is 5.75 Å². The zero-order valence-corrected chi connectivity index (χ0v) is 22.3. The summed E-state index contributed by atoms with van der Waals surface area (Å²) in [5.41, 5.74) is 6.57. The van der Waals surface area contributed by atoms with E-state index < -0.39 is 83.3 Å². The molecule has 1 unspecified atom stereocenters. The first kappa shape index (κ1) is 32.3. The maximum absolute atomic E-state index is 13.8. The molecule has 0 saturated carbocycles. The van der Waals surface area contributed by atoms with Gasteiger partial charge in [0.15, 0.2) is 12.4 Å². The van der Waals surface area contributed by atoms with E-state index >= 15 is 0 Å². The molecule has 0 radical (unpaired) electrons. The van der Waals surface area contributed by atoms with Crippen molar-refractivity contribution < 1.29 is 51.0 Å². The van der Waals surface area contributed by atoms with Crippen LogP contribution in [-0.4, -0.2) is 51.5 Å². The molecule has 12 nitrogen and oxygen atoms in total. The van der Waals surface area contributed by atoms with Gasteiger partial charge in [-0.05, 0) is 37.3 Å². The number of aromatic nitrogens is 1. The van der Waals surface area contributed by atoms with E-state index in [1.165, 1.54) is 30.3 Å². The lowest BCUT2D eigenvalue weighted by Gasteiger charge is -2.24. The van der Waals surface area contributed by atoms with E-state index in [4.69, 9.17) is 22.4 Å². The van der Waals surface area contributed by atoms with Crippen LogP contribution in [0.5, 0.6) is 5.75 Å². The Morgan fingerprint density at radius 2 is 1.65 bits per heavy atom. The van der Waals surface area contributed by atoms with Crippen molar-refractivity contribution in [3.63, 3.8) is 0 Å². The van der Waals surface area contributed by atoms with Crippen molar-refractivity contribution in [2.75, 3.05) is 24.2 Å². The first-order valence-electron chi connectivity index (χ1n) is 11.7. The van der Waals surface area contributed by atoms with Crippen molar-refractivity contribution in [2.24, 2.45) is 0 Å². The Morgan fingerprint density at radius 3 is 2.23 bits per heavy atom. The van der Waals surface area contributed by atoms with Crippen molar-refractivity contribution in [1.82, 2.24) is 15.0 Å². The van der Waals surface area contributed by atoms with Crippen LogP contribution in [0.1, 0.15) is 23.3 Å². The van der Waals surface area contributed by atoms with Gasteiger partial charge in [-0.3, -0.25) is 29.4 Å². The van der Waals surface area contributed by atoms with Gasteiger partial charge < -0.3 is 25.5 Å². The molecule has 0 saturated heterocycles. The van der Waals surface area contributed by atoms with Crippen LogP contribution in [0.25, 0.3) is 0 Å². The molecule has 0 fully saturated rings. The largest absolute Gasteiger partial charge is 0.480 e. The Balaban J connectivity index is 1.77. The van der Waals surface area contributed by atoms with Gasteiger partial charge in [0.1, 0.15) is 18.3 Å². The first-order valence-corrected chi connectivity index (χ1v) is 12.1. The molecule has 0 spiro atoms. The predicted octanol–water partition coefficient (Wildman–Crippen LogP) is 2.62. The highest BCUT2D eigenvalue weighted by molar-refractivity contribution is 6.33. The van der Waals surface area contributed by atoms with Crippen molar-refractivity contribution in [3.05, 3.63) is 86.6 Å². The van der Waals surface area contributed by atoms with Crippen LogP contribution in [0.3, 0.4) is 0 Å². The Labute approximate surface area is 242 Å². The lowest BCUT2D eigenvalue weighted by Crippen LogP contribution is -2.52. The monoisotopic (exact) mass is 631 g/mol. The summed E-state index contributed by atoms with van der Waals surface area (Å²) in [5.74, 6) is -18.9. The number of hydrogen-bond acceptors (Lipinski definition) is 7. The molecule has 0 aliphatic heterocycles. The summed E-state index contributed by atoms with van der Waals surface area (Å²) < 4.78 is 72.9. The number of carboxylic acids is 1. The van der Waals surface area contributed by atoms with Gasteiger partial charge in [-0.1, -0.05) is 11.6 Å².